The fraction of sp³-hybridized carbons (Fsp3) is 0.312. The molecule has 0 aliphatic heterocycles. The van der Waals surface area contributed by atoms with Crippen LogP contribution in [-0.2, 0) is 17.6 Å². The highest BCUT2D eigenvalue weighted by atomic mass is 16.5. The standard InChI is InChI=1S/C16H18N4O3/c1-20(16(22)23-2)10-7-6-9-4-3-5-11-13(12(9)8-10)18-15(17)19-14(11)21/h6-8H,3-5H2,1-2H3,(H3,17,18,19,21). The molecule has 1 aromatic heterocycles. The van der Waals surface area contributed by atoms with Gasteiger partial charge in [-0.05, 0) is 37.0 Å². The molecule has 1 amide bonds. The Kier molecular flexibility index (Phi) is 3.77. The van der Waals surface area contributed by atoms with Gasteiger partial charge in [0.2, 0.25) is 5.95 Å². The Balaban J connectivity index is 2.19. The molecule has 7 heteroatoms. The molecule has 0 bridgehead atoms. The number of anilines is 2. The fourth-order valence-electron chi connectivity index (χ4n) is 2.88. The van der Waals surface area contributed by atoms with Crippen molar-refractivity contribution in [3.05, 3.63) is 39.7 Å². The summed E-state index contributed by atoms with van der Waals surface area (Å²) in [4.78, 5) is 32.2. The highest BCUT2D eigenvalue weighted by molar-refractivity contribution is 5.88. The molecule has 120 valence electrons. The molecular formula is C16H18N4O3. The second-order valence-corrected chi connectivity index (χ2v) is 5.50. The summed E-state index contributed by atoms with van der Waals surface area (Å²) in [7, 11) is 2.96. The number of aromatic amines is 1. The molecule has 0 atom stereocenters. The first-order valence-electron chi connectivity index (χ1n) is 7.35. The van der Waals surface area contributed by atoms with Crippen molar-refractivity contribution in [2.45, 2.75) is 19.3 Å². The number of hydrogen-bond acceptors (Lipinski definition) is 5. The maximum absolute atomic E-state index is 12.2. The maximum atomic E-state index is 12.2. The van der Waals surface area contributed by atoms with Crippen LogP contribution in [0.4, 0.5) is 16.4 Å². The predicted octanol–water partition coefficient (Wildman–Crippen LogP) is 1.71. The Bertz CT molecular complexity index is 829. The second-order valence-electron chi connectivity index (χ2n) is 5.50. The molecule has 0 saturated carbocycles. The number of amides is 1. The van der Waals surface area contributed by atoms with E-state index in [1.54, 1.807) is 7.05 Å². The van der Waals surface area contributed by atoms with Gasteiger partial charge in [-0.3, -0.25) is 14.7 Å². The third-order valence-electron chi connectivity index (χ3n) is 4.09. The van der Waals surface area contributed by atoms with Crippen molar-refractivity contribution in [3.63, 3.8) is 0 Å². The zero-order chi connectivity index (χ0) is 16.6. The van der Waals surface area contributed by atoms with Crippen LogP contribution in [0.1, 0.15) is 17.5 Å². The van der Waals surface area contributed by atoms with E-state index in [2.05, 4.69) is 9.97 Å². The van der Waals surface area contributed by atoms with Crippen LogP contribution in [0.2, 0.25) is 0 Å². The smallest absolute Gasteiger partial charge is 0.413 e. The number of nitrogens with zero attached hydrogens (tertiary/aromatic N) is 2. The van der Waals surface area contributed by atoms with Gasteiger partial charge in [0.05, 0.1) is 12.8 Å². The molecule has 3 rings (SSSR count). The molecule has 0 unspecified atom stereocenters. The number of benzene rings is 1. The van der Waals surface area contributed by atoms with Gasteiger partial charge < -0.3 is 10.5 Å². The van der Waals surface area contributed by atoms with Crippen LogP contribution in [0.5, 0.6) is 0 Å². The Labute approximate surface area is 133 Å². The topological polar surface area (TPSA) is 101 Å². The number of H-pyrrole nitrogens is 1. The van der Waals surface area contributed by atoms with Crippen LogP contribution < -0.4 is 16.2 Å². The second kappa shape index (κ2) is 5.75. The van der Waals surface area contributed by atoms with Gasteiger partial charge in [-0.15, -0.1) is 0 Å². The molecule has 1 aliphatic carbocycles. The van der Waals surface area contributed by atoms with E-state index in [-0.39, 0.29) is 11.5 Å². The highest BCUT2D eigenvalue weighted by Crippen LogP contribution is 2.32. The van der Waals surface area contributed by atoms with Crippen molar-refractivity contribution >= 4 is 17.7 Å². The van der Waals surface area contributed by atoms with E-state index in [0.29, 0.717) is 23.4 Å². The average molecular weight is 314 g/mol. The largest absolute Gasteiger partial charge is 0.452 e. The van der Waals surface area contributed by atoms with Crippen LogP contribution in [0.15, 0.2) is 23.0 Å². The Morgan fingerprint density at radius 2 is 2.17 bits per heavy atom. The minimum atomic E-state index is -0.461. The first-order valence-corrected chi connectivity index (χ1v) is 7.35. The molecular weight excluding hydrogens is 296 g/mol. The van der Waals surface area contributed by atoms with Crippen molar-refractivity contribution in [2.75, 3.05) is 24.8 Å². The number of aromatic nitrogens is 2. The molecule has 7 nitrogen and oxygen atoms in total. The summed E-state index contributed by atoms with van der Waals surface area (Å²) in [5.41, 5.74) is 9.33. The Morgan fingerprint density at radius 1 is 1.39 bits per heavy atom. The monoisotopic (exact) mass is 314 g/mol. The fourth-order valence-corrected chi connectivity index (χ4v) is 2.88. The van der Waals surface area contributed by atoms with Gasteiger partial charge in [0.25, 0.3) is 5.56 Å². The summed E-state index contributed by atoms with van der Waals surface area (Å²) < 4.78 is 4.74. The number of nitrogens with one attached hydrogen (secondary N) is 1. The SMILES string of the molecule is COC(=O)N(C)c1ccc2c(c1)-c1nc(N)[nH]c(=O)c1CCC2. The summed E-state index contributed by atoms with van der Waals surface area (Å²) >= 11 is 0. The minimum absolute atomic E-state index is 0.0910. The first kappa shape index (κ1) is 15.1. The zero-order valence-electron chi connectivity index (χ0n) is 13.0. The molecule has 23 heavy (non-hydrogen) atoms. The van der Waals surface area contributed by atoms with E-state index in [0.717, 1.165) is 24.0 Å². The number of aryl methyl sites for hydroxylation is 1. The summed E-state index contributed by atoms with van der Waals surface area (Å²) in [6, 6.07) is 5.66. The van der Waals surface area contributed by atoms with Crippen LogP contribution in [-0.4, -0.2) is 30.2 Å². The van der Waals surface area contributed by atoms with Gasteiger partial charge in [-0.25, -0.2) is 9.78 Å². The third-order valence-corrected chi connectivity index (χ3v) is 4.09. The highest BCUT2D eigenvalue weighted by Gasteiger charge is 2.21. The van der Waals surface area contributed by atoms with E-state index in [1.165, 1.54) is 12.0 Å². The molecule has 0 radical (unpaired) electrons. The number of carbonyl (C=O) groups excluding carboxylic acids is 1. The maximum Gasteiger partial charge on any atom is 0.413 e. The quantitative estimate of drug-likeness (QED) is 0.834. The van der Waals surface area contributed by atoms with Crippen molar-refractivity contribution in [1.82, 2.24) is 9.97 Å². The lowest BCUT2D eigenvalue weighted by Crippen LogP contribution is -2.25. The number of hydrogen-bond donors (Lipinski definition) is 2. The molecule has 1 heterocycles. The molecule has 0 spiro atoms. The molecule has 3 N–H and O–H groups in total. The van der Waals surface area contributed by atoms with Crippen molar-refractivity contribution in [1.29, 1.82) is 0 Å². The molecule has 2 aromatic rings. The van der Waals surface area contributed by atoms with Gasteiger partial charge in [0.15, 0.2) is 0 Å². The first-order chi connectivity index (χ1) is 11.0. The van der Waals surface area contributed by atoms with E-state index in [4.69, 9.17) is 10.5 Å². The average Bonchev–Trinajstić information content (AvgIpc) is 2.72. The molecule has 0 fully saturated rings. The number of methoxy groups -OCH3 is 1. The zero-order valence-corrected chi connectivity index (χ0v) is 13.0. The molecule has 1 aromatic carbocycles. The van der Waals surface area contributed by atoms with Crippen LogP contribution in [0, 0.1) is 0 Å². The summed E-state index contributed by atoms with van der Waals surface area (Å²) in [5.74, 6) is 0.0910. The van der Waals surface area contributed by atoms with Gasteiger partial charge in [0.1, 0.15) is 0 Å². The van der Waals surface area contributed by atoms with Gasteiger partial charge in [0, 0.05) is 23.9 Å². The summed E-state index contributed by atoms with van der Waals surface area (Å²) in [5, 5.41) is 0. The normalized spacial score (nSPS) is 12.8. The van der Waals surface area contributed by atoms with Crippen LogP contribution in [0.25, 0.3) is 11.3 Å². The minimum Gasteiger partial charge on any atom is -0.452 e. The third kappa shape index (κ3) is 2.65. The Hall–Kier alpha value is -2.83. The summed E-state index contributed by atoms with van der Waals surface area (Å²) in [6.45, 7) is 0. The van der Waals surface area contributed by atoms with E-state index < -0.39 is 6.09 Å². The number of nitrogens with two attached hydrogens (primary N) is 1. The molecule has 0 saturated heterocycles. The number of nitrogen functional groups attached to an aromatic ring is 1. The van der Waals surface area contributed by atoms with Crippen molar-refractivity contribution in [3.8, 4) is 11.3 Å². The molecule has 1 aliphatic rings. The van der Waals surface area contributed by atoms with Crippen molar-refractivity contribution < 1.29 is 9.53 Å². The summed E-state index contributed by atoms with van der Waals surface area (Å²) in [6.07, 6.45) is 1.89. The van der Waals surface area contributed by atoms with Gasteiger partial charge in [-0.1, -0.05) is 6.07 Å². The lowest BCUT2D eigenvalue weighted by molar-refractivity contribution is 0.180. The number of rotatable bonds is 1. The number of fused-ring (bicyclic) bond motifs is 3. The lowest BCUT2D eigenvalue weighted by Gasteiger charge is -2.18. The van der Waals surface area contributed by atoms with E-state index in [1.807, 2.05) is 18.2 Å². The predicted molar refractivity (Wildman–Crippen MR) is 87.5 cm³/mol. The van der Waals surface area contributed by atoms with Gasteiger partial charge in [-0.2, -0.15) is 0 Å². The van der Waals surface area contributed by atoms with E-state index in [9.17, 15) is 9.59 Å². The van der Waals surface area contributed by atoms with E-state index >= 15 is 0 Å². The van der Waals surface area contributed by atoms with Crippen molar-refractivity contribution in [2.24, 2.45) is 0 Å². The number of carbonyl (C=O) groups is 1. The van der Waals surface area contributed by atoms with Crippen LogP contribution in [0.3, 0.4) is 0 Å². The number of ether oxygens (including phenoxy) is 1. The Morgan fingerprint density at radius 3 is 2.91 bits per heavy atom. The lowest BCUT2D eigenvalue weighted by atomic mass is 10.0. The van der Waals surface area contributed by atoms with Crippen LogP contribution >= 0.6 is 0 Å². The van der Waals surface area contributed by atoms with Gasteiger partial charge >= 0.3 is 6.09 Å².